The Hall–Kier alpha value is -0.830. The molecular formula is C16H18ClNS. The van der Waals surface area contributed by atoms with Crippen LogP contribution in [0.1, 0.15) is 29.0 Å². The highest BCUT2D eigenvalue weighted by molar-refractivity contribution is 7.07. The molecule has 1 aliphatic heterocycles. The van der Waals surface area contributed by atoms with Crippen LogP contribution >= 0.6 is 22.9 Å². The lowest BCUT2D eigenvalue weighted by Gasteiger charge is -2.17. The van der Waals surface area contributed by atoms with E-state index in [1.54, 1.807) is 11.3 Å². The van der Waals surface area contributed by atoms with Gasteiger partial charge in [0.1, 0.15) is 0 Å². The van der Waals surface area contributed by atoms with Crippen LogP contribution in [0.2, 0.25) is 5.02 Å². The Morgan fingerprint density at radius 2 is 2.26 bits per heavy atom. The highest BCUT2D eigenvalue weighted by Gasteiger charge is 2.24. The Bertz CT molecular complexity index is 550. The predicted molar refractivity (Wildman–Crippen MR) is 83.1 cm³/mol. The van der Waals surface area contributed by atoms with Gasteiger partial charge < -0.3 is 0 Å². The largest absolute Gasteiger partial charge is 0.298 e. The number of halogens is 1. The molecule has 0 bridgehead atoms. The Morgan fingerprint density at radius 1 is 1.37 bits per heavy atom. The number of aryl methyl sites for hydroxylation is 1. The van der Waals surface area contributed by atoms with E-state index < -0.39 is 0 Å². The summed E-state index contributed by atoms with van der Waals surface area (Å²) < 4.78 is 0. The fourth-order valence-electron chi connectivity index (χ4n) is 2.78. The molecule has 3 heteroatoms. The van der Waals surface area contributed by atoms with Crippen molar-refractivity contribution in [1.82, 2.24) is 4.90 Å². The maximum atomic E-state index is 6.32. The van der Waals surface area contributed by atoms with E-state index in [0.717, 1.165) is 18.1 Å². The smallest absolute Gasteiger partial charge is 0.0453 e. The lowest BCUT2D eigenvalue weighted by molar-refractivity contribution is 0.327. The minimum Gasteiger partial charge on any atom is -0.298 e. The summed E-state index contributed by atoms with van der Waals surface area (Å²) in [5, 5.41) is 5.36. The fraction of sp³-hybridized carbons (Fsp3) is 0.375. The topological polar surface area (TPSA) is 3.24 Å². The zero-order valence-corrected chi connectivity index (χ0v) is 12.7. The number of hydrogen-bond donors (Lipinski definition) is 0. The van der Waals surface area contributed by atoms with E-state index in [-0.39, 0.29) is 0 Å². The summed E-state index contributed by atoms with van der Waals surface area (Å²) in [7, 11) is 0. The molecule has 2 aromatic rings. The van der Waals surface area contributed by atoms with E-state index in [2.05, 4.69) is 46.8 Å². The minimum absolute atomic E-state index is 0.704. The van der Waals surface area contributed by atoms with Crippen molar-refractivity contribution < 1.29 is 0 Å². The van der Waals surface area contributed by atoms with E-state index in [9.17, 15) is 0 Å². The zero-order valence-electron chi connectivity index (χ0n) is 11.1. The third kappa shape index (κ3) is 3.02. The molecule has 1 aliphatic rings. The first kappa shape index (κ1) is 13.2. The molecule has 0 aliphatic carbocycles. The summed E-state index contributed by atoms with van der Waals surface area (Å²) in [6, 6.07) is 8.63. The highest BCUT2D eigenvalue weighted by Crippen LogP contribution is 2.30. The molecule has 3 rings (SSSR count). The van der Waals surface area contributed by atoms with Crippen molar-refractivity contribution in [2.24, 2.45) is 0 Å². The molecule has 1 saturated heterocycles. The standard InChI is InChI=1S/C16H18ClNS/c1-12-2-3-14(16(17)8-12)10-18-6-4-13(9-18)15-5-7-19-11-15/h2-3,5,7-8,11,13H,4,6,9-10H2,1H3. The van der Waals surface area contributed by atoms with Crippen LogP contribution < -0.4 is 0 Å². The van der Waals surface area contributed by atoms with E-state index >= 15 is 0 Å². The van der Waals surface area contributed by atoms with Gasteiger partial charge in [-0.25, -0.2) is 0 Å². The molecule has 1 aromatic carbocycles. The number of benzene rings is 1. The summed E-state index contributed by atoms with van der Waals surface area (Å²) in [6.07, 6.45) is 1.26. The lowest BCUT2D eigenvalue weighted by atomic mass is 10.0. The van der Waals surface area contributed by atoms with Gasteiger partial charge in [-0.1, -0.05) is 23.7 Å². The van der Waals surface area contributed by atoms with Gasteiger partial charge in [0, 0.05) is 18.1 Å². The molecule has 19 heavy (non-hydrogen) atoms. The van der Waals surface area contributed by atoms with E-state index in [0.29, 0.717) is 5.92 Å². The van der Waals surface area contributed by atoms with Crippen molar-refractivity contribution in [2.45, 2.75) is 25.8 Å². The zero-order chi connectivity index (χ0) is 13.2. The molecule has 0 saturated carbocycles. The Labute approximate surface area is 123 Å². The first-order chi connectivity index (χ1) is 9.22. The molecule has 1 aromatic heterocycles. The van der Waals surface area contributed by atoms with Crippen LogP contribution in [0.4, 0.5) is 0 Å². The third-order valence-corrected chi connectivity index (χ3v) is 4.94. The SMILES string of the molecule is Cc1ccc(CN2CCC(c3ccsc3)C2)c(Cl)c1. The number of hydrogen-bond acceptors (Lipinski definition) is 2. The van der Waals surface area contributed by atoms with E-state index in [1.165, 1.54) is 29.7 Å². The molecule has 0 radical (unpaired) electrons. The Balaban J connectivity index is 1.65. The second kappa shape index (κ2) is 5.66. The van der Waals surface area contributed by atoms with Crippen molar-refractivity contribution >= 4 is 22.9 Å². The first-order valence-electron chi connectivity index (χ1n) is 6.72. The van der Waals surface area contributed by atoms with Crippen molar-refractivity contribution in [3.8, 4) is 0 Å². The van der Waals surface area contributed by atoms with Gasteiger partial charge in [-0.15, -0.1) is 0 Å². The molecule has 0 amide bonds. The van der Waals surface area contributed by atoms with Crippen LogP contribution in [-0.2, 0) is 6.54 Å². The van der Waals surface area contributed by atoms with Crippen LogP contribution in [0.15, 0.2) is 35.0 Å². The summed E-state index contributed by atoms with van der Waals surface area (Å²) in [5.74, 6) is 0.704. The molecule has 1 unspecified atom stereocenters. The monoisotopic (exact) mass is 291 g/mol. The van der Waals surface area contributed by atoms with Gasteiger partial charge in [0.2, 0.25) is 0 Å². The van der Waals surface area contributed by atoms with Gasteiger partial charge in [-0.3, -0.25) is 4.90 Å². The van der Waals surface area contributed by atoms with Crippen molar-refractivity contribution in [2.75, 3.05) is 13.1 Å². The highest BCUT2D eigenvalue weighted by atomic mass is 35.5. The molecule has 0 N–H and O–H groups in total. The number of rotatable bonds is 3. The third-order valence-electron chi connectivity index (χ3n) is 3.89. The van der Waals surface area contributed by atoms with Gasteiger partial charge >= 0.3 is 0 Å². The molecule has 0 spiro atoms. The normalized spacial score (nSPS) is 20.0. The fourth-order valence-corrected chi connectivity index (χ4v) is 3.81. The Morgan fingerprint density at radius 3 is 3.00 bits per heavy atom. The van der Waals surface area contributed by atoms with Crippen LogP contribution in [0.25, 0.3) is 0 Å². The molecule has 2 heterocycles. The van der Waals surface area contributed by atoms with Crippen LogP contribution in [0, 0.1) is 6.92 Å². The predicted octanol–water partition coefficient (Wildman–Crippen LogP) is 4.70. The van der Waals surface area contributed by atoms with Crippen molar-refractivity contribution in [1.29, 1.82) is 0 Å². The number of nitrogens with zero attached hydrogens (tertiary/aromatic N) is 1. The summed E-state index contributed by atoms with van der Waals surface area (Å²) >= 11 is 8.11. The maximum absolute atomic E-state index is 6.32. The van der Waals surface area contributed by atoms with Gasteiger partial charge in [-0.05, 0) is 65.4 Å². The minimum atomic E-state index is 0.704. The van der Waals surface area contributed by atoms with Crippen LogP contribution in [0.3, 0.4) is 0 Å². The van der Waals surface area contributed by atoms with Gasteiger partial charge in [-0.2, -0.15) is 11.3 Å². The summed E-state index contributed by atoms with van der Waals surface area (Å²) in [6.45, 7) is 5.38. The maximum Gasteiger partial charge on any atom is 0.0453 e. The van der Waals surface area contributed by atoms with Gasteiger partial charge in [0.15, 0.2) is 0 Å². The van der Waals surface area contributed by atoms with Crippen molar-refractivity contribution in [3.05, 3.63) is 56.7 Å². The number of thiophene rings is 1. The molecule has 1 fully saturated rings. The van der Waals surface area contributed by atoms with E-state index in [1.807, 2.05) is 0 Å². The molecule has 100 valence electrons. The summed E-state index contributed by atoms with van der Waals surface area (Å²) in [4.78, 5) is 2.51. The average molecular weight is 292 g/mol. The van der Waals surface area contributed by atoms with Crippen LogP contribution in [-0.4, -0.2) is 18.0 Å². The van der Waals surface area contributed by atoms with Gasteiger partial charge in [0.05, 0.1) is 0 Å². The van der Waals surface area contributed by atoms with E-state index in [4.69, 9.17) is 11.6 Å². The quantitative estimate of drug-likeness (QED) is 0.792. The lowest BCUT2D eigenvalue weighted by Crippen LogP contribution is -2.19. The molecule has 1 nitrogen and oxygen atoms in total. The second-order valence-electron chi connectivity index (χ2n) is 5.37. The Kier molecular flexibility index (Phi) is 3.92. The second-order valence-corrected chi connectivity index (χ2v) is 6.56. The summed E-state index contributed by atoms with van der Waals surface area (Å²) in [5.41, 5.74) is 3.98. The average Bonchev–Trinajstić information content (AvgIpc) is 3.03. The van der Waals surface area contributed by atoms with Gasteiger partial charge in [0.25, 0.3) is 0 Å². The molecular weight excluding hydrogens is 274 g/mol. The van der Waals surface area contributed by atoms with Crippen molar-refractivity contribution in [3.63, 3.8) is 0 Å². The first-order valence-corrected chi connectivity index (χ1v) is 8.04. The molecule has 1 atom stereocenters. The number of likely N-dealkylation sites (tertiary alicyclic amines) is 1. The van der Waals surface area contributed by atoms with Crippen LogP contribution in [0.5, 0.6) is 0 Å².